The van der Waals surface area contributed by atoms with Crippen molar-refractivity contribution >= 4 is 0 Å². The van der Waals surface area contributed by atoms with Gasteiger partial charge in [-0.3, -0.25) is 0 Å². The molecule has 1 aliphatic rings. The summed E-state index contributed by atoms with van der Waals surface area (Å²) in [5, 5.41) is 9.58. The van der Waals surface area contributed by atoms with Gasteiger partial charge in [-0.15, -0.1) is 0 Å². The highest BCUT2D eigenvalue weighted by molar-refractivity contribution is 5.42. The summed E-state index contributed by atoms with van der Waals surface area (Å²) in [4.78, 5) is 0. The highest BCUT2D eigenvalue weighted by Gasteiger charge is 2.23. The Kier molecular flexibility index (Phi) is 2.23. The van der Waals surface area contributed by atoms with E-state index in [-0.39, 0.29) is 0 Å². The van der Waals surface area contributed by atoms with Crippen molar-refractivity contribution < 1.29 is 9.84 Å². The van der Waals surface area contributed by atoms with E-state index in [2.05, 4.69) is 6.07 Å². The number of aromatic hydroxyl groups is 1. The largest absolute Gasteiger partial charge is 0.508 e. The van der Waals surface area contributed by atoms with Crippen molar-refractivity contribution in [3.63, 3.8) is 0 Å². The number of fused-ring (bicyclic) bond motifs is 1. The first-order valence-corrected chi connectivity index (χ1v) is 4.60. The molecule has 0 saturated heterocycles. The van der Waals surface area contributed by atoms with Gasteiger partial charge >= 0.3 is 0 Å². The maximum absolute atomic E-state index is 9.58. The molecule has 0 heterocycles. The van der Waals surface area contributed by atoms with Gasteiger partial charge in [0.2, 0.25) is 0 Å². The minimum atomic E-state index is 0.441. The number of ether oxygens (including phenoxy) is 1. The molecule has 1 aromatic carbocycles. The van der Waals surface area contributed by atoms with Crippen LogP contribution in [0.3, 0.4) is 0 Å². The van der Waals surface area contributed by atoms with Crippen LogP contribution in [0.25, 0.3) is 0 Å². The number of hydrogen-bond acceptors (Lipinski definition) is 2. The van der Waals surface area contributed by atoms with Gasteiger partial charge in [-0.2, -0.15) is 0 Å². The van der Waals surface area contributed by atoms with E-state index >= 15 is 0 Å². The van der Waals surface area contributed by atoms with E-state index in [0.717, 1.165) is 25.0 Å². The van der Waals surface area contributed by atoms with Crippen LogP contribution < -0.4 is 0 Å². The molecule has 0 amide bonds. The van der Waals surface area contributed by atoms with Crippen LogP contribution in [0.2, 0.25) is 0 Å². The molecule has 0 saturated carbocycles. The Bertz CT molecular complexity index is 307. The summed E-state index contributed by atoms with van der Waals surface area (Å²) in [5.41, 5.74) is 2.40. The summed E-state index contributed by atoms with van der Waals surface area (Å²) in [6, 6.07) is 5.75. The molecule has 1 unspecified atom stereocenters. The summed E-state index contributed by atoms with van der Waals surface area (Å²) < 4.78 is 5.12. The molecule has 0 bridgehead atoms. The fourth-order valence-corrected chi connectivity index (χ4v) is 2.07. The van der Waals surface area contributed by atoms with Gasteiger partial charge in [-0.25, -0.2) is 0 Å². The molecule has 2 rings (SSSR count). The molecule has 0 radical (unpaired) electrons. The number of phenolic OH excluding ortho intramolecular Hbond substituents is 1. The molecular weight excluding hydrogens is 164 g/mol. The van der Waals surface area contributed by atoms with Gasteiger partial charge in [0.05, 0.1) is 0 Å². The normalized spacial score (nSPS) is 20.2. The predicted molar refractivity (Wildman–Crippen MR) is 50.9 cm³/mol. The van der Waals surface area contributed by atoms with E-state index in [4.69, 9.17) is 4.74 Å². The van der Waals surface area contributed by atoms with Crippen molar-refractivity contribution in [1.82, 2.24) is 0 Å². The van der Waals surface area contributed by atoms with Gasteiger partial charge in [0.25, 0.3) is 0 Å². The maximum Gasteiger partial charge on any atom is 0.119 e. The van der Waals surface area contributed by atoms with E-state index in [1.165, 1.54) is 5.56 Å². The Morgan fingerprint density at radius 3 is 3.00 bits per heavy atom. The Labute approximate surface area is 78.2 Å². The van der Waals surface area contributed by atoms with Gasteiger partial charge < -0.3 is 9.84 Å². The third-order valence-corrected chi connectivity index (χ3v) is 2.65. The second-order valence-corrected chi connectivity index (χ2v) is 3.64. The first-order chi connectivity index (χ1) is 6.31. The van der Waals surface area contributed by atoms with Gasteiger partial charge in [-0.1, -0.05) is 12.1 Å². The lowest BCUT2D eigenvalue weighted by Gasteiger charge is -2.05. The van der Waals surface area contributed by atoms with Crippen molar-refractivity contribution in [2.75, 3.05) is 13.7 Å². The molecule has 1 aliphatic carbocycles. The smallest absolute Gasteiger partial charge is 0.119 e. The van der Waals surface area contributed by atoms with Crippen molar-refractivity contribution in [3.8, 4) is 5.75 Å². The second-order valence-electron chi connectivity index (χ2n) is 3.64. The molecule has 2 heteroatoms. The van der Waals surface area contributed by atoms with Crippen LogP contribution in [0.1, 0.15) is 11.1 Å². The maximum atomic E-state index is 9.58. The van der Waals surface area contributed by atoms with Crippen molar-refractivity contribution in [3.05, 3.63) is 29.3 Å². The summed E-state index contributed by atoms with van der Waals surface area (Å²) in [6.07, 6.45) is 1.99. The van der Waals surface area contributed by atoms with Gasteiger partial charge in [0.1, 0.15) is 5.75 Å². The lowest BCUT2D eigenvalue weighted by Crippen LogP contribution is -2.07. The van der Waals surface area contributed by atoms with Crippen LogP contribution in [0.5, 0.6) is 5.75 Å². The average Bonchev–Trinajstić information content (AvgIpc) is 2.49. The quantitative estimate of drug-likeness (QED) is 0.747. The zero-order valence-electron chi connectivity index (χ0n) is 7.79. The number of hydrogen-bond donors (Lipinski definition) is 1. The van der Waals surface area contributed by atoms with E-state index in [1.54, 1.807) is 13.2 Å². The Balaban J connectivity index is 2.20. The van der Waals surface area contributed by atoms with E-state index in [1.807, 2.05) is 6.07 Å². The molecule has 1 atom stereocenters. The van der Waals surface area contributed by atoms with Crippen LogP contribution in [-0.4, -0.2) is 18.8 Å². The van der Waals surface area contributed by atoms with Crippen LogP contribution in [0, 0.1) is 5.92 Å². The van der Waals surface area contributed by atoms with E-state index < -0.39 is 0 Å². The van der Waals surface area contributed by atoms with E-state index in [0.29, 0.717) is 11.7 Å². The topological polar surface area (TPSA) is 29.5 Å². The number of rotatable bonds is 2. The molecule has 0 aliphatic heterocycles. The highest BCUT2D eigenvalue weighted by Crippen LogP contribution is 2.32. The average molecular weight is 178 g/mol. The van der Waals surface area contributed by atoms with Crippen LogP contribution in [-0.2, 0) is 17.6 Å². The van der Waals surface area contributed by atoms with Crippen molar-refractivity contribution in [2.24, 2.45) is 5.92 Å². The third-order valence-electron chi connectivity index (χ3n) is 2.65. The molecule has 1 N–H and O–H groups in total. The number of phenols is 1. The summed E-state index contributed by atoms with van der Waals surface area (Å²) in [7, 11) is 1.73. The molecule has 2 nitrogen and oxygen atoms in total. The Hall–Kier alpha value is -1.02. The Morgan fingerprint density at radius 1 is 1.46 bits per heavy atom. The molecule has 0 spiro atoms. The van der Waals surface area contributed by atoms with E-state index in [9.17, 15) is 5.11 Å². The van der Waals surface area contributed by atoms with Gasteiger partial charge in [-0.05, 0) is 36.0 Å². The summed E-state index contributed by atoms with van der Waals surface area (Å²) in [6.45, 7) is 0.786. The Morgan fingerprint density at radius 2 is 2.31 bits per heavy atom. The first-order valence-electron chi connectivity index (χ1n) is 4.60. The molecule has 0 aromatic heterocycles. The second kappa shape index (κ2) is 3.38. The van der Waals surface area contributed by atoms with Gasteiger partial charge in [0.15, 0.2) is 0 Å². The lowest BCUT2D eigenvalue weighted by molar-refractivity contribution is 0.156. The number of benzene rings is 1. The lowest BCUT2D eigenvalue weighted by atomic mass is 10.1. The summed E-state index contributed by atoms with van der Waals surface area (Å²) >= 11 is 0. The third kappa shape index (κ3) is 1.54. The SMILES string of the molecule is COCC1Cc2cccc(O)c2C1. The van der Waals surface area contributed by atoms with Crippen molar-refractivity contribution in [2.45, 2.75) is 12.8 Å². The zero-order valence-corrected chi connectivity index (χ0v) is 7.79. The fourth-order valence-electron chi connectivity index (χ4n) is 2.07. The van der Waals surface area contributed by atoms with Crippen LogP contribution in [0.15, 0.2) is 18.2 Å². The number of methoxy groups -OCH3 is 1. The summed E-state index contributed by atoms with van der Waals surface area (Å²) in [5.74, 6) is 0.990. The molecule has 0 fully saturated rings. The van der Waals surface area contributed by atoms with Gasteiger partial charge in [0, 0.05) is 13.7 Å². The predicted octanol–water partition coefficient (Wildman–Crippen LogP) is 1.75. The van der Waals surface area contributed by atoms with Crippen LogP contribution in [0.4, 0.5) is 0 Å². The zero-order chi connectivity index (χ0) is 9.26. The molecular formula is C11H14O2. The minimum Gasteiger partial charge on any atom is -0.508 e. The monoisotopic (exact) mass is 178 g/mol. The molecule has 1 aromatic rings. The highest BCUT2D eigenvalue weighted by atomic mass is 16.5. The minimum absolute atomic E-state index is 0.441. The van der Waals surface area contributed by atoms with Crippen LogP contribution >= 0.6 is 0 Å². The molecule has 13 heavy (non-hydrogen) atoms. The standard InChI is InChI=1S/C11H14O2/c1-13-7-8-5-9-3-2-4-11(12)10(9)6-8/h2-4,8,12H,5-7H2,1H3. The first kappa shape index (κ1) is 8.57. The fraction of sp³-hybridized carbons (Fsp3) is 0.455. The van der Waals surface area contributed by atoms with Crippen molar-refractivity contribution in [1.29, 1.82) is 0 Å². The molecule has 70 valence electrons.